The first-order chi connectivity index (χ1) is 7.70. The van der Waals surface area contributed by atoms with Crippen LogP contribution in [0.3, 0.4) is 0 Å². The minimum absolute atomic E-state index is 0.215. The van der Waals surface area contributed by atoms with Gasteiger partial charge in [-0.2, -0.15) is 0 Å². The van der Waals surface area contributed by atoms with Crippen molar-refractivity contribution in [1.82, 2.24) is 4.98 Å². The van der Waals surface area contributed by atoms with Crippen molar-refractivity contribution < 1.29 is 9.15 Å². The minimum atomic E-state index is 0.215. The molecule has 4 heteroatoms. The molecule has 2 aromatic rings. The molecule has 0 spiro atoms. The van der Waals surface area contributed by atoms with Crippen LogP contribution in [0.4, 0.5) is 5.69 Å². The molecule has 1 unspecified atom stereocenters. The van der Waals surface area contributed by atoms with Gasteiger partial charge < -0.3 is 14.9 Å². The summed E-state index contributed by atoms with van der Waals surface area (Å²) in [5.41, 5.74) is 7.85. The van der Waals surface area contributed by atoms with Crippen LogP contribution >= 0.6 is 0 Å². The normalized spacial score (nSPS) is 13.1. The largest absolute Gasteiger partial charge is 0.438 e. The first kappa shape index (κ1) is 11.0. The summed E-state index contributed by atoms with van der Waals surface area (Å²) in [5.74, 6) is 0.577. The monoisotopic (exact) mass is 220 g/mol. The fraction of sp³-hybridized carbons (Fsp3) is 0.417. The molecule has 86 valence electrons. The van der Waals surface area contributed by atoms with Gasteiger partial charge in [0.05, 0.1) is 11.8 Å². The van der Waals surface area contributed by atoms with E-state index in [2.05, 4.69) is 11.9 Å². The van der Waals surface area contributed by atoms with Gasteiger partial charge in [0.1, 0.15) is 12.1 Å². The molecule has 0 saturated carbocycles. The molecule has 0 aliphatic carbocycles. The van der Waals surface area contributed by atoms with Gasteiger partial charge in [-0.3, -0.25) is 0 Å². The highest BCUT2D eigenvalue weighted by molar-refractivity contribution is 5.85. The van der Waals surface area contributed by atoms with Crippen molar-refractivity contribution in [3.8, 4) is 0 Å². The molecule has 4 nitrogen and oxygen atoms in total. The lowest BCUT2D eigenvalue weighted by molar-refractivity contribution is 0.0388. The van der Waals surface area contributed by atoms with Gasteiger partial charge in [0.15, 0.2) is 5.58 Å². The van der Waals surface area contributed by atoms with E-state index in [-0.39, 0.29) is 6.10 Å². The molecular formula is C12H16N2O2. The summed E-state index contributed by atoms with van der Waals surface area (Å²) in [6, 6.07) is 5.51. The number of para-hydroxylation sites is 1. The maximum atomic E-state index is 5.79. The van der Waals surface area contributed by atoms with Crippen LogP contribution in [-0.4, -0.2) is 11.1 Å². The van der Waals surface area contributed by atoms with Crippen LogP contribution in [-0.2, 0) is 11.3 Å². The molecule has 0 amide bonds. The summed E-state index contributed by atoms with van der Waals surface area (Å²) in [6.45, 7) is 4.49. The number of hydrogen-bond acceptors (Lipinski definition) is 4. The number of benzene rings is 1. The number of rotatable bonds is 4. The molecule has 2 rings (SSSR count). The Balaban J connectivity index is 2.17. The second kappa shape index (κ2) is 4.53. The summed E-state index contributed by atoms with van der Waals surface area (Å²) >= 11 is 0. The standard InChI is InChI=1S/C12H16N2O2/c1-3-8(2)15-7-11-14-12-9(13)5-4-6-10(12)16-11/h4-6,8H,3,7,13H2,1-2H3. The van der Waals surface area contributed by atoms with Gasteiger partial charge in [0.2, 0.25) is 5.89 Å². The number of nitrogens with two attached hydrogens (primary N) is 1. The number of hydrogen-bond donors (Lipinski definition) is 1. The number of anilines is 1. The Morgan fingerprint density at radius 1 is 1.50 bits per heavy atom. The molecule has 1 atom stereocenters. The Morgan fingerprint density at radius 2 is 2.31 bits per heavy atom. The van der Waals surface area contributed by atoms with Crippen LogP contribution in [0.1, 0.15) is 26.2 Å². The van der Waals surface area contributed by atoms with Gasteiger partial charge in [0.25, 0.3) is 0 Å². The molecule has 1 heterocycles. The van der Waals surface area contributed by atoms with Crippen molar-refractivity contribution in [2.75, 3.05) is 5.73 Å². The number of oxazole rings is 1. The van der Waals surface area contributed by atoms with E-state index >= 15 is 0 Å². The van der Waals surface area contributed by atoms with Crippen molar-refractivity contribution in [2.24, 2.45) is 0 Å². The molecular weight excluding hydrogens is 204 g/mol. The van der Waals surface area contributed by atoms with Crippen molar-refractivity contribution in [2.45, 2.75) is 33.0 Å². The average Bonchev–Trinajstić information content (AvgIpc) is 2.70. The third-order valence-corrected chi connectivity index (χ3v) is 2.56. The lowest BCUT2D eigenvalue weighted by Gasteiger charge is -2.07. The Kier molecular flexibility index (Phi) is 3.10. The molecule has 1 aromatic carbocycles. The van der Waals surface area contributed by atoms with E-state index in [1.165, 1.54) is 0 Å². The van der Waals surface area contributed by atoms with Gasteiger partial charge in [-0.1, -0.05) is 13.0 Å². The van der Waals surface area contributed by atoms with Crippen LogP contribution in [0.15, 0.2) is 22.6 Å². The summed E-state index contributed by atoms with van der Waals surface area (Å²) in [5, 5.41) is 0. The Bertz CT molecular complexity index is 479. The molecule has 0 aliphatic heterocycles. The quantitative estimate of drug-likeness (QED) is 0.805. The van der Waals surface area contributed by atoms with Crippen LogP contribution in [0, 0.1) is 0 Å². The first-order valence-corrected chi connectivity index (χ1v) is 5.46. The van der Waals surface area contributed by atoms with E-state index in [1.54, 1.807) is 0 Å². The zero-order valence-electron chi connectivity index (χ0n) is 9.56. The van der Waals surface area contributed by atoms with Gasteiger partial charge in [-0.15, -0.1) is 0 Å². The molecule has 0 radical (unpaired) electrons. The molecule has 0 aliphatic rings. The van der Waals surface area contributed by atoms with E-state index in [4.69, 9.17) is 14.9 Å². The van der Waals surface area contributed by atoms with E-state index in [9.17, 15) is 0 Å². The lowest BCUT2D eigenvalue weighted by Crippen LogP contribution is -2.06. The minimum Gasteiger partial charge on any atom is -0.438 e. The van der Waals surface area contributed by atoms with Crippen LogP contribution in [0.25, 0.3) is 11.1 Å². The Morgan fingerprint density at radius 3 is 3.00 bits per heavy atom. The van der Waals surface area contributed by atoms with Gasteiger partial charge in [0, 0.05) is 0 Å². The van der Waals surface area contributed by atoms with Crippen LogP contribution < -0.4 is 5.73 Å². The third kappa shape index (κ3) is 2.17. The highest BCUT2D eigenvalue weighted by Crippen LogP contribution is 2.21. The maximum absolute atomic E-state index is 5.79. The Hall–Kier alpha value is -1.55. The van der Waals surface area contributed by atoms with Crippen LogP contribution in [0.2, 0.25) is 0 Å². The highest BCUT2D eigenvalue weighted by atomic mass is 16.5. The number of nitrogens with zero attached hydrogens (tertiary/aromatic N) is 1. The maximum Gasteiger partial charge on any atom is 0.221 e. The summed E-state index contributed by atoms with van der Waals surface area (Å²) < 4.78 is 11.1. The van der Waals surface area contributed by atoms with Gasteiger partial charge >= 0.3 is 0 Å². The lowest BCUT2D eigenvalue weighted by atomic mass is 10.3. The predicted molar refractivity (Wildman–Crippen MR) is 63.0 cm³/mol. The van der Waals surface area contributed by atoms with E-state index in [1.807, 2.05) is 25.1 Å². The second-order valence-corrected chi connectivity index (χ2v) is 3.83. The third-order valence-electron chi connectivity index (χ3n) is 2.56. The molecule has 0 bridgehead atoms. The first-order valence-electron chi connectivity index (χ1n) is 5.46. The SMILES string of the molecule is CCC(C)OCc1nc2c(N)cccc2o1. The number of fused-ring (bicyclic) bond motifs is 1. The van der Waals surface area contributed by atoms with Crippen molar-refractivity contribution in [3.63, 3.8) is 0 Å². The predicted octanol–water partition coefficient (Wildman–Crippen LogP) is 2.73. The average molecular weight is 220 g/mol. The molecule has 2 N–H and O–H groups in total. The molecule has 0 saturated heterocycles. The molecule has 16 heavy (non-hydrogen) atoms. The number of aromatic nitrogens is 1. The number of nitrogen functional groups attached to an aromatic ring is 1. The summed E-state index contributed by atoms with van der Waals surface area (Å²) in [7, 11) is 0. The van der Waals surface area contributed by atoms with E-state index < -0.39 is 0 Å². The van der Waals surface area contributed by atoms with Crippen LogP contribution in [0.5, 0.6) is 0 Å². The molecule has 0 fully saturated rings. The zero-order chi connectivity index (χ0) is 11.5. The topological polar surface area (TPSA) is 61.3 Å². The zero-order valence-corrected chi connectivity index (χ0v) is 9.56. The van der Waals surface area contributed by atoms with Gasteiger partial charge in [-0.25, -0.2) is 4.98 Å². The van der Waals surface area contributed by atoms with Gasteiger partial charge in [-0.05, 0) is 25.5 Å². The Labute approximate surface area is 94.4 Å². The van der Waals surface area contributed by atoms with Crippen molar-refractivity contribution >= 4 is 16.8 Å². The fourth-order valence-electron chi connectivity index (χ4n) is 1.41. The van der Waals surface area contributed by atoms with Crippen molar-refractivity contribution in [1.29, 1.82) is 0 Å². The van der Waals surface area contributed by atoms with E-state index in [0.29, 0.717) is 29.3 Å². The summed E-state index contributed by atoms with van der Waals surface area (Å²) in [6.07, 6.45) is 1.19. The molecule has 1 aromatic heterocycles. The number of ether oxygens (including phenoxy) is 1. The highest BCUT2D eigenvalue weighted by Gasteiger charge is 2.09. The smallest absolute Gasteiger partial charge is 0.221 e. The fourth-order valence-corrected chi connectivity index (χ4v) is 1.41. The van der Waals surface area contributed by atoms with E-state index in [0.717, 1.165) is 6.42 Å². The summed E-state index contributed by atoms with van der Waals surface area (Å²) in [4.78, 5) is 4.30. The second-order valence-electron chi connectivity index (χ2n) is 3.83. The van der Waals surface area contributed by atoms with Crippen molar-refractivity contribution in [3.05, 3.63) is 24.1 Å².